The number of aryl methyl sites for hydroxylation is 1. The molecule has 0 aliphatic heterocycles. The summed E-state index contributed by atoms with van der Waals surface area (Å²) in [6, 6.07) is 8.29. The van der Waals surface area contributed by atoms with Crippen LogP contribution in [0.25, 0.3) is 22.0 Å². The molecule has 3 heterocycles. The first kappa shape index (κ1) is 26.9. The molecule has 1 aromatic carbocycles. The maximum Gasteiger partial charge on any atom is 0.423 e. The van der Waals surface area contributed by atoms with Crippen LogP contribution in [-0.2, 0) is 18.9 Å². The van der Waals surface area contributed by atoms with Crippen molar-refractivity contribution in [3.05, 3.63) is 86.8 Å². The average molecular weight is 537 g/mol. The Morgan fingerprint density at radius 2 is 1.76 bits per heavy atom. The number of anilines is 1. The average Bonchev–Trinajstić information content (AvgIpc) is 2.84. The van der Waals surface area contributed by atoms with Crippen LogP contribution in [0.15, 0.2) is 64.6 Å². The van der Waals surface area contributed by atoms with E-state index < -0.39 is 40.8 Å². The lowest BCUT2D eigenvalue weighted by Gasteiger charge is -2.18. The van der Waals surface area contributed by atoms with Crippen LogP contribution in [0.4, 0.5) is 32.0 Å². The minimum absolute atomic E-state index is 0.284. The molecule has 13 heteroatoms. The summed E-state index contributed by atoms with van der Waals surface area (Å²) < 4.78 is 79.5. The van der Waals surface area contributed by atoms with Crippen molar-refractivity contribution in [2.24, 2.45) is 0 Å². The molecular weight excluding hydrogens is 516 g/mol. The highest BCUT2D eigenvalue weighted by Gasteiger charge is 2.37. The fourth-order valence-corrected chi connectivity index (χ4v) is 4.05. The molecule has 200 valence electrons. The lowest BCUT2D eigenvalue weighted by atomic mass is 10.1. The Balaban J connectivity index is 1.43. The van der Waals surface area contributed by atoms with Crippen molar-refractivity contribution in [1.82, 2.24) is 19.7 Å². The Morgan fingerprint density at radius 1 is 1.00 bits per heavy atom. The zero-order valence-corrected chi connectivity index (χ0v) is 19.8. The first-order chi connectivity index (χ1) is 17.8. The van der Waals surface area contributed by atoms with Crippen LogP contribution in [0, 0.1) is 0 Å². The molecule has 1 unspecified atom stereocenters. The molecule has 0 aliphatic rings. The van der Waals surface area contributed by atoms with Gasteiger partial charge in [-0.1, -0.05) is 6.07 Å². The van der Waals surface area contributed by atoms with Crippen molar-refractivity contribution in [3.63, 3.8) is 0 Å². The van der Waals surface area contributed by atoms with Gasteiger partial charge in [0.15, 0.2) is 0 Å². The highest BCUT2D eigenvalue weighted by Crippen LogP contribution is 2.32. The summed E-state index contributed by atoms with van der Waals surface area (Å²) in [6.07, 6.45) is -5.25. The van der Waals surface area contributed by atoms with Crippen molar-refractivity contribution >= 4 is 16.5 Å². The molecule has 3 aromatic heterocycles. The van der Waals surface area contributed by atoms with Crippen LogP contribution in [0.1, 0.15) is 30.9 Å². The molecule has 4 rings (SSSR count). The van der Waals surface area contributed by atoms with Crippen LogP contribution < -0.4 is 16.4 Å². The zero-order valence-electron chi connectivity index (χ0n) is 19.8. The molecule has 2 N–H and O–H groups in total. The number of aromatic amines is 1. The van der Waals surface area contributed by atoms with Gasteiger partial charge in [-0.2, -0.15) is 31.4 Å². The monoisotopic (exact) mass is 537 g/mol. The number of hydrogen-bond donors (Lipinski definition) is 2. The van der Waals surface area contributed by atoms with Gasteiger partial charge in [-0.3, -0.25) is 14.6 Å². The summed E-state index contributed by atoms with van der Waals surface area (Å²) in [5, 5.41) is 8.85. The van der Waals surface area contributed by atoms with Gasteiger partial charge in [-0.05, 0) is 55.5 Å². The van der Waals surface area contributed by atoms with E-state index in [2.05, 4.69) is 15.4 Å². The third kappa shape index (κ3) is 5.87. The summed E-state index contributed by atoms with van der Waals surface area (Å²) in [5.74, 6) is 0. The Bertz CT molecular complexity index is 1560. The molecule has 0 fully saturated rings. The lowest BCUT2D eigenvalue weighted by Crippen LogP contribution is -2.27. The predicted molar refractivity (Wildman–Crippen MR) is 129 cm³/mol. The second kappa shape index (κ2) is 10.3. The van der Waals surface area contributed by atoms with Crippen molar-refractivity contribution in [1.29, 1.82) is 0 Å². The Labute approximate surface area is 211 Å². The summed E-state index contributed by atoms with van der Waals surface area (Å²) in [6.45, 7) is 1.95. The second-order valence-corrected chi connectivity index (χ2v) is 8.72. The molecule has 4 aromatic rings. The molecule has 0 saturated heterocycles. The Morgan fingerprint density at radius 3 is 2.42 bits per heavy atom. The molecular formula is C25H21F6N5O2. The van der Waals surface area contributed by atoms with Gasteiger partial charge >= 0.3 is 12.4 Å². The fraction of sp³-hybridized carbons (Fsp3) is 0.280. The zero-order chi connectivity index (χ0) is 27.7. The van der Waals surface area contributed by atoms with Crippen molar-refractivity contribution in [2.75, 3.05) is 5.32 Å². The normalized spacial score (nSPS) is 13.0. The van der Waals surface area contributed by atoms with Gasteiger partial charge in [0.1, 0.15) is 5.56 Å². The van der Waals surface area contributed by atoms with E-state index in [9.17, 15) is 35.9 Å². The first-order valence-electron chi connectivity index (χ1n) is 11.4. The minimum Gasteiger partial charge on any atom is -0.381 e. The van der Waals surface area contributed by atoms with E-state index >= 15 is 0 Å². The fourth-order valence-electron chi connectivity index (χ4n) is 4.05. The number of nitrogens with one attached hydrogen (secondary N) is 2. The van der Waals surface area contributed by atoms with E-state index in [-0.39, 0.29) is 5.56 Å². The van der Waals surface area contributed by atoms with Gasteiger partial charge < -0.3 is 9.88 Å². The molecule has 38 heavy (non-hydrogen) atoms. The standard InChI is InChI=1S/C25H21F6N5O2/c1-14(34-20-13-33-35-22(37)21(20)25(29,30)31)3-2-9-36-10-8-15-11-16(4-6-18(15)23(36)38)19-7-5-17(12-32-19)24(26,27)28/h4-8,10-14H,2-3,9H2,1H3,(H2,34,35,37). The lowest BCUT2D eigenvalue weighted by molar-refractivity contribution is -0.138. The number of aromatic nitrogens is 4. The second-order valence-electron chi connectivity index (χ2n) is 8.72. The molecule has 1 atom stereocenters. The number of fused-ring (bicyclic) bond motifs is 1. The Kier molecular flexibility index (Phi) is 7.29. The molecule has 0 saturated carbocycles. The molecule has 7 nitrogen and oxygen atoms in total. The quantitative estimate of drug-likeness (QED) is 0.305. The third-order valence-corrected chi connectivity index (χ3v) is 5.94. The van der Waals surface area contributed by atoms with Crippen LogP contribution in [0.2, 0.25) is 0 Å². The van der Waals surface area contributed by atoms with E-state index in [4.69, 9.17) is 0 Å². The predicted octanol–water partition coefficient (Wildman–Crippen LogP) is 5.47. The van der Waals surface area contributed by atoms with Crippen molar-refractivity contribution in [3.8, 4) is 11.3 Å². The first-order valence-corrected chi connectivity index (χ1v) is 11.4. The van der Waals surface area contributed by atoms with Gasteiger partial charge in [-0.15, -0.1) is 0 Å². The smallest absolute Gasteiger partial charge is 0.381 e. The number of rotatable bonds is 7. The largest absolute Gasteiger partial charge is 0.423 e. The topological polar surface area (TPSA) is 92.7 Å². The summed E-state index contributed by atoms with van der Waals surface area (Å²) in [5.41, 5.74) is -3.37. The van der Waals surface area contributed by atoms with Gasteiger partial charge in [0.05, 0.1) is 23.1 Å². The molecule has 0 amide bonds. The highest BCUT2D eigenvalue weighted by atomic mass is 19.4. The number of H-pyrrole nitrogens is 1. The third-order valence-electron chi connectivity index (χ3n) is 5.94. The number of pyridine rings is 2. The highest BCUT2D eigenvalue weighted by molar-refractivity contribution is 5.86. The van der Waals surface area contributed by atoms with E-state index in [0.29, 0.717) is 41.4 Å². The Hall–Kier alpha value is -4.16. The van der Waals surface area contributed by atoms with E-state index in [1.165, 1.54) is 10.6 Å². The van der Waals surface area contributed by atoms with Gasteiger partial charge in [0.25, 0.3) is 11.1 Å². The summed E-state index contributed by atoms with van der Waals surface area (Å²) >= 11 is 0. The number of halogens is 6. The SMILES string of the molecule is CC(CCCn1ccc2cc(-c3ccc(C(F)(F)F)cn3)ccc2c1=O)Nc1cn[nH]c(=O)c1C(F)(F)F. The minimum atomic E-state index is -4.85. The maximum atomic E-state index is 13.2. The number of benzene rings is 1. The molecule has 0 radical (unpaired) electrons. The molecule has 0 spiro atoms. The number of nitrogens with zero attached hydrogens (tertiary/aromatic N) is 3. The van der Waals surface area contributed by atoms with Gasteiger partial charge in [-0.25, -0.2) is 5.10 Å². The molecule has 0 bridgehead atoms. The van der Waals surface area contributed by atoms with E-state index in [1.54, 1.807) is 42.5 Å². The molecule has 0 aliphatic carbocycles. The van der Waals surface area contributed by atoms with Crippen LogP contribution >= 0.6 is 0 Å². The van der Waals surface area contributed by atoms with Crippen LogP contribution in [0.3, 0.4) is 0 Å². The number of hydrogen-bond acceptors (Lipinski definition) is 5. The van der Waals surface area contributed by atoms with Gasteiger partial charge in [0, 0.05) is 35.9 Å². The van der Waals surface area contributed by atoms with Crippen LogP contribution in [-0.4, -0.2) is 25.8 Å². The number of alkyl halides is 6. The van der Waals surface area contributed by atoms with Crippen molar-refractivity contribution < 1.29 is 26.3 Å². The van der Waals surface area contributed by atoms with E-state index in [0.717, 1.165) is 18.5 Å². The summed E-state index contributed by atoms with van der Waals surface area (Å²) in [7, 11) is 0. The maximum absolute atomic E-state index is 13.2. The van der Waals surface area contributed by atoms with E-state index in [1.807, 2.05) is 0 Å². The summed E-state index contributed by atoms with van der Waals surface area (Å²) in [4.78, 5) is 28.4. The van der Waals surface area contributed by atoms with Crippen molar-refractivity contribution in [2.45, 2.75) is 44.7 Å². The van der Waals surface area contributed by atoms with Gasteiger partial charge in [0.2, 0.25) is 0 Å². The van der Waals surface area contributed by atoms with Crippen LogP contribution in [0.5, 0.6) is 0 Å².